The number of aromatic nitrogens is 1. The smallest absolute Gasteiger partial charge is 0.277 e. The Hall–Kier alpha value is -3.61. The number of para-hydroxylation sites is 1. The number of halogens is 2. The van der Waals surface area contributed by atoms with Gasteiger partial charge in [0.15, 0.2) is 12.4 Å². The van der Waals surface area contributed by atoms with Crippen molar-refractivity contribution in [1.82, 2.24) is 10.4 Å². The van der Waals surface area contributed by atoms with Gasteiger partial charge in [-0.15, -0.1) is 0 Å². The zero-order valence-corrected chi connectivity index (χ0v) is 19.8. The molecule has 4 rings (SSSR count). The molecule has 0 radical (unpaired) electrons. The number of hydrogen-bond acceptors (Lipinski definition) is 5. The molecule has 4 aromatic rings. The maximum absolute atomic E-state index is 12.1. The van der Waals surface area contributed by atoms with Gasteiger partial charge in [-0.1, -0.05) is 71.2 Å². The molecule has 8 heteroatoms. The van der Waals surface area contributed by atoms with E-state index in [4.69, 9.17) is 32.7 Å². The third-order valence-electron chi connectivity index (χ3n) is 4.88. The number of pyridine rings is 1. The van der Waals surface area contributed by atoms with Crippen molar-refractivity contribution in [3.8, 4) is 11.5 Å². The first-order chi connectivity index (χ1) is 16.5. The Morgan fingerprint density at radius 2 is 1.76 bits per heavy atom. The van der Waals surface area contributed by atoms with Gasteiger partial charge in [0.1, 0.15) is 17.9 Å². The standard InChI is InChI=1S/C26H21Cl2N3O3/c1-17-7-9-18(10-8-17)15-34-26-21(27)12-19(13-22(26)28)14-30-31-24(32)16-33-23-6-2-4-20-5-3-11-29-25(20)23/h2-14H,15-16H2,1H3,(H,31,32)/b30-14+. The normalized spacial score (nSPS) is 11.0. The van der Waals surface area contributed by atoms with E-state index in [0.29, 0.717) is 39.2 Å². The van der Waals surface area contributed by atoms with Crippen LogP contribution < -0.4 is 14.9 Å². The Bertz CT molecular complexity index is 1310. The van der Waals surface area contributed by atoms with Crippen molar-refractivity contribution in [3.05, 3.63) is 99.7 Å². The zero-order chi connectivity index (χ0) is 23.9. The van der Waals surface area contributed by atoms with E-state index in [9.17, 15) is 4.79 Å². The fourth-order valence-electron chi connectivity index (χ4n) is 3.18. The lowest BCUT2D eigenvalue weighted by Gasteiger charge is -2.11. The molecule has 1 heterocycles. The number of benzene rings is 3. The van der Waals surface area contributed by atoms with Crippen LogP contribution in [0, 0.1) is 6.92 Å². The van der Waals surface area contributed by atoms with Gasteiger partial charge in [0, 0.05) is 11.6 Å². The molecule has 6 nitrogen and oxygen atoms in total. The third kappa shape index (κ3) is 6.04. The van der Waals surface area contributed by atoms with Crippen molar-refractivity contribution >= 4 is 46.2 Å². The van der Waals surface area contributed by atoms with E-state index >= 15 is 0 Å². The third-order valence-corrected chi connectivity index (χ3v) is 5.44. The number of ether oxygens (including phenoxy) is 2. The molecule has 0 saturated heterocycles. The van der Waals surface area contributed by atoms with Gasteiger partial charge in [-0.3, -0.25) is 9.78 Å². The number of amides is 1. The lowest BCUT2D eigenvalue weighted by atomic mass is 10.2. The van der Waals surface area contributed by atoms with Gasteiger partial charge in [-0.05, 0) is 42.3 Å². The van der Waals surface area contributed by atoms with Crippen molar-refractivity contribution in [2.24, 2.45) is 5.10 Å². The highest BCUT2D eigenvalue weighted by Gasteiger charge is 2.10. The van der Waals surface area contributed by atoms with Crippen molar-refractivity contribution in [2.75, 3.05) is 6.61 Å². The predicted octanol–water partition coefficient (Wildman–Crippen LogP) is 5.96. The van der Waals surface area contributed by atoms with E-state index in [0.717, 1.165) is 10.9 Å². The molecule has 34 heavy (non-hydrogen) atoms. The highest BCUT2D eigenvalue weighted by atomic mass is 35.5. The molecule has 0 bridgehead atoms. The molecular weight excluding hydrogens is 473 g/mol. The fourth-order valence-corrected chi connectivity index (χ4v) is 3.79. The second-order valence-corrected chi connectivity index (χ2v) is 8.32. The van der Waals surface area contributed by atoms with Crippen molar-refractivity contribution in [2.45, 2.75) is 13.5 Å². The number of aryl methyl sites for hydroxylation is 1. The summed E-state index contributed by atoms with van der Waals surface area (Å²) in [6.07, 6.45) is 3.12. The molecule has 1 N–H and O–H groups in total. The van der Waals surface area contributed by atoms with Gasteiger partial charge in [-0.2, -0.15) is 5.10 Å². The molecule has 0 aliphatic rings. The average molecular weight is 494 g/mol. The number of rotatable bonds is 8. The van der Waals surface area contributed by atoms with Crippen molar-refractivity contribution < 1.29 is 14.3 Å². The predicted molar refractivity (Wildman–Crippen MR) is 135 cm³/mol. The monoisotopic (exact) mass is 493 g/mol. The van der Waals surface area contributed by atoms with Gasteiger partial charge in [0.05, 0.1) is 16.3 Å². The van der Waals surface area contributed by atoms with E-state index in [1.54, 1.807) is 24.4 Å². The van der Waals surface area contributed by atoms with Crippen LogP contribution in [0.25, 0.3) is 10.9 Å². The molecule has 0 atom stereocenters. The minimum atomic E-state index is -0.417. The molecule has 1 amide bonds. The first-order valence-electron chi connectivity index (χ1n) is 10.5. The number of hydrazone groups is 1. The van der Waals surface area contributed by atoms with Crippen LogP contribution in [0.15, 0.2) is 78.0 Å². The maximum Gasteiger partial charge on any atom is 0.277 e. The SMILES string of the molecule is Cc1ccc(COc2c(Cl)cc(/C=N/NC(=O)COc3cccc4cccnc34)cc2Cl)cc1. The highest BCUT2D eigenvalue weighted by Crippen LogP contribution is 2.34. The number of nitrogens with zero attached hydrogens (tertiary/aromatic N) is 2. The lowest BCUT2D eigenvalue weighted by molar-refractivity contribution is -0.123. The van der Waals surface area contributed by atoms with Crippen LogP contribution in [0.3, 0.4) is 0 Å². The first-order valence-corrected chi connectivity index (χ1v) is 11.2. The summed E-state index contributed by atoms with van der Waals surface area (Å²) in [7, 11) is 0. The summed E-state index contributed by atoms with van der Waals surface area (Å²) in [5.74, 6) is 0.499. The van der Waals surface area contributed by atoms with E-state index < -0.39 is 5.91 Å². The molecular formula is C26H21Cl2N3O3. The number of fused-ring (bicyclic) bond motifs is 1. The summed E-state index contributed by atoms with van der Waals surface area (Å²) in [6, 6.07) is 20.6. The maximum atomic E-state index is 12.1. The van der Waals surface area contributed by atoms with E-state index in [1.165, 1.54) is 11.8 Å². The topological polar surface area (TPSA) is 72.8 Å². The summed E-state index contributed by atoms with van der Waals surface area (Å²) in [5, 5.41) is 5.57. The summed E-state index contributed by atoms with van der Waals surface area (Å²) in [5.41, 5.74) is 5.90. The Labute approximate surface area is 207 Å². The average Bonchev–Trinajstić information content (AvgIpc) is 2.83. The fraction of sp³-hybridized carbons (Fsp3) is 0.115. The second-order valence-electron chi connectivity index (χ2n) is 7.50. The quantitative estimate of drug-likeness (QED) is 0.242. The molecule has 0 unspecified atom stereocenters. The summed E-state index contributed by atoms with van der Waals surface area (Å²) < 4.78 is 11.4. The van der Waals surface area contributed by atoms with Crippen LogP contribution in [0.4, 0.5) is 0 Å². The second kappa shape index (κ2) is 11.0. The van der Waals surface area contributed by atoms with Crippen LogP contribution in [0.5, 0.6) is 11.5 Å². The first kappa shape index (κ1) is 23.5. The Balaban J connectivity index is 1.32. The number of carbonyl (C=O) groups excluding carboxylic acids is 1. The Morgan fingerprint density at radius 3 is 2.53 bits per heavy atom. The summed E-state index contributed by atoms with van der Waals surface area (Å²) >= 11 is 12.7. The molecule has 0 fully saturated rings. The van der Waals surface area contributed by atoms with Gasteiger partial charge in [0.2, 0.25) is 0 Å². The molecule has 0 spiro atoms. The minimum absolute atomic E-state index is 0.208. The summed E-state index contributed by atoms with van der Waals surface area (Å²) in [6.45, 7) is 2.16. The minimum Gasteiger partial charge on any atom is -0.486 e. The van der Waals surface area contributed by atoms with Gasteiger partial charge >= 0.3 is 0 Å². The lowest BCUT2D eigenvalue weighted by Crippen LogP contribution is -2.24. The summed E-state index contributed by atoms with van der Waals surface area (Å²) in [4.78, 5) is 16.4. The molecule has 3 aromatic carbocycles. The van der Waals surface area contributed by atoms with Gasteiger partial charge in [-0.25, -0.2) is 5.43 Å². The molecule has 1 aromatic heterocycles. The molecule has 0 aliphatic heterocycles. The van der Waals surface area contributed by atoms with Crippen molar-refractivity contribution in [3.63, 3.8) is 0 Å². The van der Waals surface area contributed by atoms with Crippen LogP contribution >= 0.6 is 23.2 Å². The van der Waals surface area contributed by atoms with E-state index in [1.807, 2.05) is 55.5 Å². The van der Waals surface area contributed by atoms with Crippen LogP contribution in [-0.2, 0) is 11.4 Å². The number of hydrogen-bond donors (Lipinski definition) is 1. The highest BCUT2D eigenvalue weighted by molar-refractivity contribution is 6.37. The van der Waals surface area contributed by atoms with Crippen molar-refractivity contribution in [1.29, 1.82) is 0 Å². The van der Waals surface area contributed by atoms with Crippen LogP contribution in [-0.4, -0.2) is 23.7 Å². The van der Waals surface area contributed by atoms with Gasteiger partial charge in [0.25, 0.3) is 5.91 Å². The molecule has 0 aliphatic carbocycles. The number of nitrogens with one attached hydrogen (secondary N) is 1. The van der Waals surface area contributed by atoms with E-state index in [-0.39, 0.29) is 6.61 Å². The number of carbonyl (C=O) groups is 1. The van der Waals surface area contributed by atoms with Crippen LogP contribution in [0.2, 0.25) is 10.0 Å². The molecule has 172 valence electrons. The Kier molecular flexibility index (Phi) is 7.62. The molecule has 0 saturated carbocycles. The largest absolute Gasteiger partial charge is 0.486 e. The zero-order valence-electron chi connectivity index (χ0n) is 18.3. The van der Waals surface area contributed by atoms with Crippen LogP contribution in [0.1, 0.15) is 16.7 Å². The Morgan fingerprint density at radius 1 is 1.03 bits per heavy atom. The van der Waals surface area contributed by atoms with Gasteiger partial charge < -0.3 is 9.47 Å². The van der Waals surface area contributed by atoms with E-state index in [2.05, 4.69) is 15.5 Å².